The molecule has 2 heterocycles. The molecule has 6 heteroatoms. The molecule has 5 nitrogen and oxygen atoms in total. The lowest BCUT2D eigenvalue weighted by Gasteiger charge is -2.35. The zero-order valence-corrected chi connectivity index (χ0v) is 14.7. The van der Waals surface area contributed by atoms with Crippen LogP contribution >= 0.6 is 11.5 Å². The van der Waals surface area contributed by atoms with E-state index in [-0.39, 0.29) is 5.91 Å². The monoisotopic (exact) mass is 352 g/mol. The molecule has 0 unspecified atom stereocenters. The van der Waals surface area contributed by atoms with Crippen LogP contribution in [-0.4, -0.2) is 47.9 Å². The van der Waals surface area contributed by atoms with Crippen molar-refractivity contribution in [3.8, 4) is 0 Å². The highest BCUT2D eigenvalue weighted by molar-refractivity contribution is 7.13. The molecule has 1 saturated heterocycles. The summed E-state index contributed by atoms with van der Waals surface area (Å²) in [5, 5.41) is 3.97. The van der Waals surface area contributed by atoms with Crippen LogP contribution in [0.2, 0.25) is 0 Å². The molecule has 1 fully saturated rings. The van der Waals surface area contributed by atoms with Gasteiger partial charge in [0.05, 0.1) is 11.2 Å². The summed E-state index contributed by atoms with van der Waals surface area (Å²) in [6.45, 7) is 4.07. The molecule has 0 spiro atoms. The fraction of sp³-hybridized carbons (Fsp3) is 0.263. The molecule has 0 radical (unpaired) electrons. The summed E-state index contributed by atoms with van der Waals surface area (Å²) in [5.74, 6) is 0.678. The molecule has 25 heavy (non-hydrogen) atoms. The SMILES string of the molecule is O=C(CN1CCN(c2ccccc2)CC1)Nc1nsc2ccccc12. The number of piperazine rings is 1. The molecular formula is C19H20N4OS. The van der Waals surface area contributed by atoms with Gasteiger partial charge >= 0.3 is 0 Å². The Labute approximate surface area is 151 Å². The Balaban J connectivity index is 1.32. The van der Waals surface area contributed by atoms with E-state index in [0.717, 1.165) is 36.3 Å². The van der Waals surface area contributed by atoms with E-state index in [0.29, 0.717) is 12.4 Å². The van der Waals surface area contributed by atoms with Gasteiger partial charge in [-0.2, -0.15) is 4.37 Å². The Hall–Kier alpha value is -2.44. The second kappa shape index (κ2) is 7.21. The van der Waals surface area contributed by atoms with Gasteiger partial charge in [0.2, 0.25) is 5.91 Å². The first-order chi connectivity index (χ1) is 12.3. The maximum atomic E-state index is 12.4. The van der Waals surface area contributed by atoms with Crippen LogP contribution < -0.4 is 10.2 Å². The lowest BCUT2D eigenvalue weighted by Crippen LogP contribution is -2.48. The lowest BCUT2D eigenvalue weighted by molar-refractivity contribution is -0.117. The Morgan fingerprint density at radius 3 is 2.52 bits per heavy atom. The predicted octanol–water partition coefficient (Wildman–Crippen LogP) is 3.06. The molecule has 1 amide bonds. The van der Waals surface area contributed by atoms with E-state index < -0.39 is 0 Å². The van der Waals surface area contributed by atoms with Crippen LogP contribution in [0.15, 0.2) is 54.6 Å². The number of aromatic nitrogens is 1. The van der Waals surface area contributed by atoms with Gasteiger partial charge in [-0.1, -0.05) is 30.3 Å². The largest absolute Gasteiger partial charge is 0.369 e. The first kappa shape index (κ1) is 16.1. The highest BCUT2D eigenvalue weighted by Gasteiger charge is 2.19. The molecule has 4 rings (SSSR count). The molecule has 1 aliphatic rings. The molecule has 1 aromatic heterocycles. The molecule has 1 aliphatic heterocycles. The molecule has 0 saturated carbocycles. The Kier molecular flexibility index (Phi) is 4.63. The number of nitrogens with one attached hydrogen (secondary N) is 1. The molecule has 3 aromatic rings. The number of rotatable bonds is 4. The minimum atomic E-state index is 0.00390. The van der Waals surface area contributed by atoms with Crippen LogP contribution in [0.1, 0.15) is 0 Å². The summed E-state index contributed by atoms with van der Waals surface area (Å²) in [5.41, 5.74) is 1.25. The van der Waals surface area contributed by atoms with Gasteiger partial charge in [0.15, 0.2) is 5.82 Å². The van der Waals surface area contributed by atoms with Gasteiger partial charge in [0, 0.05) is 37.3 Å². The molecule has 0 atom stereocenters. The quantitative estimate of drug-likeness (QED) is 0.784. The van der Waals surface area contributed by atoms with Gasteiger partial charge in [-0.25, -0.2) is 0 Å². The maximum absolute atomic E-state index is 12.4. The third-order valence-electron chi connectivity index (χ3n) is 4.50. The van der Waals surface area contributed by atoms with E-state index in [2.05, 4.69) is 43.8 Å². The van der Waals surface area contributed by atoms with Crippen molar-refractivity contribution < 1.29 is 4.79 Å². The average molecular weight is 352 g/mol. The number of para-hydroxylation sites is 1. The number of hydrogen-bond acceptors (Lipinski definition) is 5. The summed E-state index contributed by atoms with van der Waals surface area (Å²) in [4.78, 5) is 16.9. The molecule has 128 valence electrons. The van der Waals surface area contributed by atoms with E-state index in [1.54, 1.807) is 0 Å². The van der Waals surface area contributed by atoms with Crippen molar-refractivity contribution in [3.05, 3.63) is 54.6 Å². The molecule has 0 aliphatic carbocycles. The van der Waals surface area contributed by atoms with Crippen molar-refractivity contribution in [2.45, 2.75) is 0 Å². The van der Waals surface area contributed by atoms with E-state index in [1.807, 2.05) is 30.3 Å². The zero-order chi connectivity index (χ0) is 17.1. The summed E-state index contributed by atoms with van der Waals surface area (Å²) < 4.78 is 5.45. The van der Waals surface area contributed by atoms with Crippen molar-refractivity contribution in [2.24, 2.45) is 0 Å². The van der Waals surface area contributed by atoms with Crippen molar-refractivity contribution >= 4 is 39.0 Å². The summed E-state index contributed by atoms with van der Waals surface area (Å²) in [6, 6.07) is 18.4. The number of carbonyl (C=O) groups excluding carboxylic acids is 1. The first-order valence-electron chi connectivity index (χ1n) is 8.46. The van der Waals surface area contributed by atoms with Crippen molar-refractivity contribution in [2.75, 3.05) is 42.9 Å². The van der Waals surface area contributed by atoms with Gasteiger partial charge in [0.25, 0.3) is 0 Å². The number of anilines is 2. The van der Waals surface area contributed by atoms with Gasteiger partial charge in [-0.05, 0) is 35.8 Å². The van der Waals surface area contributed by atoms with Crippen LogP contribution in [0.25, 0.3) is 10.1 Å². The Morgan fingerprint density at radius 2 is 1.72 bits per heavy atom. The zero-order valence-electron chi connectivity index (χ0n) is 13.9. The van der Waals surface area contributed by atoms with Crippen molar-refractivity contribution in [1.82, 2.24) is 9.27 Å². The molecule has 0 bridgehead atoms. The lowest BCUT2D eigenvalue weighted by atomic mass is 10.2. The maximum Gasteiger partial charge on any atom is 0.239 e. The van der Waals surface area contributed by atoms with Gasteiger partial charge in [-0.15, -0.1) is 0 Å². The number of benzene rings is 2. The summed E-state index contributed by atoms with van der Waals surface area (Å²) >= 11 is 1.41. The number of hydrogen-bond donors (Lipinski definition) is 1. The van der Waals surface area contributed by atoms with Crippen molar-refractivity contribution in [3.63, 3.8) is 0 Å². The normalized spacial score (nSPS) is 15.4. The van der Waals surface area contributed by atoms with Gasteiger partial charge in [0.1, 0.15) is 0 Å². The average Bonchev–Trinajstić information content (AvgIpc) is 3.06. The van der Waals surface area contributed by atoms with E-state index in [1.165, 1.54) is 17.2 Å². The number of amides is 1. The predicted molar refractivity (Wildman–Crippen MR) is 103 cm³/mol. The number of nitrogens with zero attached hydrogens (tertiary/aromatic N) is 3. The van der Waals surface area contributed by atoms with E-state index in [9.17, 15) is 4.79 Å². The standard InChI is InChI=1S/C19H20N4OS/c24-18(20-19-16-8-4-5-9-17(16)25-21-19)14-22-10-12-23(13-11-22)15-6-2-1-3-7-15/h1-9H,10-14H2,(H,20,21,24). The molecule has 1 N–H and O–H groups in total. The molecule has 2 aromatic carbocycles. The first-order valence-corrected chi connectivity index (χ1v) is 9.23. The third kappa shape index (κ3) is 3.65. The van der Waals surface area contributed by atoms with Crippen LogP contribution in [0.4, 0.5) is 11.5 Å². The van der Waals surface area contributed by atoms with Crippen LogP contribution in [0.5, 0.6) is 0 Å². The summed E-state index contributed by atoms with van der Waals surface area (Å²) in [6.07, 6.45) is 0. The van der Waals surface area contributed by atoms with E-state index >= 15 is 0 Å². The van der Waals surface area contributed by atoms with Crippen LogP contribution in [0.3, 0.4) is 0 Å². The van der Waals surface area contributed by atoms with Gasteiger partial charge < -0.3 is 10.2 Å². The minimum Gasteiger partial charge on any atom is -0.369 e. The Morgan fingerprint density at radius 1 is 1.00 bits per heavy atom. The second-order valence-electron chi connectivity index (χ2n) is 6.17. The van der Waals surface area contributed by atoms with Gasteiger partial charge in [-0.3, -0.25) is 9.69 Å². The number of carbonyl (C=O) groups is 1. The Bertz CT molecular complexity index is 856. The minimum absolute atomic E-state index is 0.00390. The summed E-state index contributed by atoms with van der Waals surface area (Å²) in [7, 11) is 0. The van der Waals surface area contributed by atoms with E-state index in [4.69, 9.17) is 0 Å². The van der Waals surface area contributed by atoms with Crippen LogP contribution in [-0.2, 0) is 4.79 Å². The number of fused-ring (bicyclic) bond motifs is 1. The van der Waals surface area contributed by atoms with Crippen LogP contribution in [0, 0.1) is 0 Å². The second-order valence-corrected chi connectivity index (χ2v) is 6.98. The fourth-order valence-electron chi connectivity index (χ4n) is 3.15. The van der Waals surface area contributed by atoms with Crippen molar-refractivity contribution in [1.29, 1.82) is 0 Å². The third-order valence-corrected chi connectivity index (χ3v) is 5.32. The topological polar surface area (TPSA) is 48.5 Å². The highest BCUT2D eigenvalue weighted by atomic mass is 32.1. The molecular weight excluding hydrogens is 332 g/mol. The fourth-order valence-corrected chi connectivity index (χ4v) is 3.89. The smallest absolute Gasteiger partial charge is 0.239 e. The highest BCUT2D eigenvalue weighted by Crippen LogP contribution is 2.26.